The molecule has 19 heavy (non-hydrogen) atoms. The smallest absolute Gasteiger partial charge is 0.328 e. The van der Waals surface area contributed by atoms with Gasteiger partial charge in [-0.1, -0.05) is 13.8 Å². The number of nitrogens with two attached hydrogens (primary N) is 1. The van der Waals surface area contributed by atoms with Crippen molar-refractivity contribution in [3.63, 3.8) is 0 Å². The van der Waals surface area contributed by atoms with Crippen molar-refractivity contribution in [2.75, 3.05) is 18.2 Å². The number of nitrogens with zero attached hydrogens (tertiary/aromatic N) is 2. The fourth-order valence-corrected chi connectivity index (χ4v) is 1.67. The first-order valence-electron chi connectivity index (χ1n) is 5.98. The maximum atomic E-state index is 11.7. The average Bonchev–Trinajstić information content (AvgIpc) is 2.38. The maximum absolute atomic E-state index is 11.7. The van der Waals surface area contributed by atoms with Crippen LogP contribution in [0.15, 0.2) is 12.3 Å². The molecule has 1 aromatic heterocycles. The Balaban J connectivity index is 2.96. The standard InChI is InChI=1S/C13H18N4O2/c1-8(2)4-11(13(18)19-3)17-12-9(6-14)5-10(15)7-16-12/h5,7-8,11H,4,15H2,1-3H3,(H,16,17). The van der Waals surface area contributed by atoms with Gasteiger partial charge in [-0.25, -0.2) is 9.78 Å². The van der Waals surface area contributed by atoms with Gasteiger partial charge in [0.15, 0.2) is 0 Å². The molecule has 0 aliphatic carbocycles. The maximum Gasteiger partial charge on any atom is 0.328 e. The van der Waals surface area contributed by atoms with Crippen molar-refractivity contribution in [3.8, 4) is 6.07 Å². The lowest BCUT2D eigenvalue weighted by Gasteiger charge is -2.19. The molecule has 0 saturated heterocycles. The van der Waals surface area contributed by atoms with Gasteiger partial charge in [0.1, 0.15) is 17.9 Å². The van der Waals surface area contributed by atoms with Crippen LogP contribution in [-0.2, 0) is 9.53 Å². The summed E-state index contributed by atoms with van der Waals surface area (Å²) in [5, 5.41) is 12.0. The Bertz CT molecular complexity index is 494. The molecule has 0 radical (unpaired) electrons. The van der Waals surface area contributed by atoms with Gasteiger partial charge in [0, 0.05) is 0 Å². The molecule has 3 N–H and O–H groups in total. The van der Waals surface area contributed by atoms with Crippen molar-refractivity contribution in [1.82, 2.24) is 4.98 Å². The molecule has 0 fully saturated rings. The number of carbonyl (C=O) groups excluding carboxylic acids is 1. The number of rotatable bonds is 5. The van der Waals surface area contributed by atoms with Gasteiger partial charge in [-0.3, -0.25) is 0 Å². The Morgan fingerprint density at radius 2 is 2.32 bits per heavy atom. The van der Waals surface area contributed by atoms with Crippen LogP contribution in [0.5, 0.6) is 0 Å². The number of pyridine rings is 1. The molecule has 0 aliphatic rings. The number of nitrogen functional groups attached to an aromatic ring is 1. The summed E-state index contributed by atoms with van der Waals surface area (Å²) in [5.74, 6) is 0.264. The first-order chi connectivity index (χ1) is 8.97. The third-order valence-corrected chi connectivity index (χ3v) is 2.53. The van der Waals surface area contributed by atoms with Crippen LogP contribution < -0.4 is 11.1 Å². The van der Waals surface area contributed by atoms with Gasteiger partial charge in [0.2, 0.25) is 0 Å². The minimum atomic E-state index is -0.534. The Morgan fingerprint density at radius 3 is 2.84 bits per heavy atom. The minimum absolute atomic E-state index is 0.302. The van der Waals surface area contributed by atoms with Crippen LogP contribution in [0.1, 0.15) is 25.8 Å². The fourth-order valence-electron chi connectivity index (χ4n) is 1.67. The van der Waals surface area contributed by atoms with Crippen LogP contribution in [0.2, 0.25) is 0 Å². The first-order valence-corrected chi connectivity index (χ1v) is 5.98. The molecule has 0 aromatic carbocycles. The highest BCUT2D eigenvalue weighted by Gasteiger charge is 2.22. The number of carbonyl (C=O) groups is 1. The number of nitrogens with one attached hydrogen (secondary N) is 1. The van der Waals surface area contributed by atoms with E-state index in [-0.39, 0.29) is 5.97 Å². The third kappa shape index (κ3) is 4.14. The second-order valence-corrected chi connectivity index (χ2v) is 4.63. The minimum Gasteiger partial charge on any atom is -0.467 e. The van der Waals surface area contributed by atoms with E-state index in [2.05, 4.69) is 10.3 Å². The summed E-state index contributed by atoms with van der Waals surface area (Å²) in [6.07, 6.45) is 2.02. The molecule has 1 unspecified atom stereocenters. The summed E-state index contributed by atoms with van der Waals surface area (Å²) in [6, 6.07) is 2.97. The third-order valence-electron chi connectivity index (χ3n) is 2.53. The van der Waals surface area contributed by atoms with E-state index in [0.29, 0.717) is 29.4 Å². The lowest BCUT2D eigenvalue weighted by Crippen LogP contribution is -2.32. The lowest BCUT2D eigenvalue weighted by molar-refractivity contribution is -0.141. The van der Waals surface area contributed by atoms with Crippen LogP contribution in [0.4, 0.5) is 11.5 Å². The molecular weight excluding hydrogens is 244 g/mol. The summed E-state index contributed by atoms with van der Waals surface area (Å²) in [7, 11) is 1.33. The Hall–Kier alpha value is -2.29. The number of ether oxygens (including phenoxy) is 1. The average molecular weight is 262 g/mol. The second-order valence-electron chi connectivity index (χ2n) is 4.63. The van der Waals surface area contributed by atoms with E-state index in [4.69, 9.17) is 15.7 Å². The van der Waals surface area contributed by atoms with Gasteiger partial charge in [-0.05, 0) is 18.4 Å². The summed E-state index contributed by atoms with van der Waals surface area (Å²) in [4.78, 5) is 15.7. The number of hydrogen-bond acceptors (Lipinski definition) is 6. The highest BCUT2D eigenvalue weighted by molar-refractivity contribution is 5.79. The Morgan fingerprint density at radius 1 is 1.63 bits per heavy atom. The largest absolute Gasteiger partial charge is 0.467 e. The molecule has 1 heterocycles. The Labute approximate surface area is 112 Å². The highest BCUT2D eigenvalue weighted by atomic mass is 16.5. The van der Waals surface area contributed by atoms with E-state index in [9.17, 15) is 4.79 Å². The number of anilines is 2. The SMILES string of the molecule is COC(=O)C(CC(C)C)Nc1ncc(N)cc1C#N. The molecule has 0 amide bonds. The van der Waals surface area contributed by atoms with E-state index in [1.54, 1.807) is 0 Å². The van der Waals surface area contributed by atoms with Gasteiger partial charge < -0.3 is 15.8 Å². The number of esters is 1. The zero-order valence-corrected chi connectivity index (χ0v) is 11.3. The molecule has 1 aromatic rings. The molecule has 102 valence electrons. The molecule has 1 rings (SSSR count). The van der Waals surface area contributed by atoms with E-state index in [1.165, 1.54) is 19.4 Å². The van der Waals surface area contributed by atoms with Crippen molar-refractivity contribution in [2.24, 2.45) is 5.92 Å². The molecule has 1 atom stereocenters. The van der Waals surface area contributed by atoms with Gasteiger partial charge in [-0.2, -0.15) is 5.26 Å². The second kappa shape index (κ2) is 6.59. The van der Waals surface area contributed by atoms with Crippen molar-refractivity contribution in [1.29, 1.82) is 5.26 Å². The predicted molar refractivity (Wildman–Crippen MR) is 72.2 cm³/mol. The number of methoxy groups -OCH3 is 1. The molecular formula is C13H18N4O2. The van der Waals surface area contributed by atoms with E-state index in [1.807, 2.05) is 19.9 Å². The molecule has 0 saturated carbocycles. The normalized spacial score (nSPS) is 11.7. The van der Waals surface area contributed by atoms with E-state index in [0.717, 1.165) is 0 Å². The van der Waals surface area contributed by atoms with Crippen molar-refractivity contribution in [3.05, 3.63) is 17.8 Å². The van der Waals surface area contributed by atoms with E-state index >= 15 is 0 Å². The highest BCUT2D eigenvalue weighted by Crippen LogP contribution is 2.18. The first kappa shape index (κ1) is 14.8. The van der Waals surface area contributed by atoms with E-state index < -0.39 is 6.04 Å². The summed E-state index contributed by atoms with van der Waals surface area (Å²) >= 11 is 0. The molecule has 0 spiro atoms. The lowest BCUT2D eigenvalue weighted by atomic mass is 10.0. The van der Waals surface area contributed by atoms with Gasteiger partial charge in [0.05, 0.1) is 24.6 Å². The van der Waals surface area contributed by atoms with Gasteiger partial charge >= 0.3 is 5.97 Å². The molecule has 0 aliphatic heterocycles. The van der Waals surface area contributed by atoms with Crippen LogP contribution in [0.25, 0.3) is 0 Å². The zero-order valence-electron chi connectivity index (χ0n) is 11.3. The number of aromatic nitrogens is 1. The zero-order chi connectivity index (χ0) is 14.4. The topological polar surface area (TPSA) is 101 Å². The predicted octanol–water partition coefficient (Wildman–Crippen LogP) is 1.54. The summed E-state index contributed by atoms with van der Waals surface area (Å²) < 4.78 is 4.75. The van der Waals surface area contributed by atoms with Crippen molar-refractivity contribution < 1.29 is 9.53 Å². The van der Waals surface area contributed by atoms with Gasteiger partial charge in [-0.15, -0.1) is 0 Å². The molecule has 0 bridgehead atoms. The monoisotopic (exact) mass is 262 g/mol. The molecule has 6 heteroatoms. The van der Waals surface area contributed by atoms with Crippen LogP contribution in [0, 0.1) is 17.2 Å². The van der Waals surface area contributed by atoms with Crippen LogP contribution in [-0.4, -0.2) is 24.1 Å². The van der Waals surface area contributed by atoms with Crippen molar-refractivity contribution in [2.45, 2.75) is 26.3 Å². The van der Waals surface area contributed by atoms with Crippen molar-refractivity contribution >= 4 is 17.5 Å². The Kier molecular flexibility index (Phi) is 5.12. The summed E-state index contributed by atoms with van der Waals surface area (Å²) in [5.41, 5.74) is 6.27. The van der Waals surface area contributed by atoms with Crippen LogP contribution >= 0.6 is 0 Å². The number of hydrogen-bond donors (Lipinski definition) is 2. The number of nitriles is 1. The van der Waals surface area contributed by atoms with Gasteiger partial charge in [0.25, 0.3) is 0 Å². The fraction of sp³-hybridized carbons (Fsp3) is 0.462. The van der Waals surface area contributed by atoms with Crippen LogP contribution in [0.3, 0.4) is 0 Å². The quantitative estimate of drug-likeness (QED) is 0.780. The summed E-state index contributed by atoms with van der Waals surface area (Å²) in [6.45, 7) is 4.00. The molecule has 6 nitrogen and oxygen atoms in total.